The average molecular weight is 410 g/mol. The number of fused-ring (bicyclic) bond motifs is 1. The maximum Gasteiger partial charge on any atom is 0.244 e. The molecule has 5 nitrogen and oxygen atoms in total. The van der Waals surface area contributed by atoms with Crippen molar-refractivity contribution >= 4 is 34.2 Å². The van der Waals surface area contributed by atoms with Gasteiger partial charge in [0.15, 0.2) is 0 Å². The molecule has 0 saturated heterocycles. The van der Waals surface area contributed by atoms with Crippen LogP contribution in [0.5, 0.6) is 5.75 Å². The highest BCUT2D eigenvalue weighted by atomic mass is 35.5. The van der Waals surface area contributed by atoms with Crippen LogP contribution in [0.2, 0.25) is 5.02 Å². The maximum absolute atomic E-state index is 14.0. The molecule has 146 valence electrons. The first-order valence-corrected chi connectivity index (χ1v) is 9.35. The minimum absolute atomic E-state index is 0.0317. The zero-order valence-electron chi connectivity index (χ0n) is 15.3. The van der Waals surface area contributed by atoms with Crippen molar-refractivity contribution in [2.75, 3.05) is 5.32 Å². The number of hydrogen-bond donors (Lipinski definition) is 1. The van der Waals surface area contributed by atoms with E-state index in [1.807, 2.05) is 54.6 Å². The summed E-state index contributed by atoms with van der Waals surface area (Å²) in [6.07, 6.45) is 0. The van der Waals surface area contributed by atoms with Crippen LogP contribution in [-0.2, 0) is 17.9 Å². The van der Waals surface area contributed by atoms with Crippen molar-refractivity contribution in [3.63, 3.8) is 0 Å². The lowest BCUT2D eigenvalue weighted by molar-refractivity contribution is -0.116. The van der Waals surface area contributed by atoms with E-state index < -0.39 is 5.82 Å². The van der Waals surface area contributed by atoms with Crippen molar-refractivity contribution in [1.29, 1.82) is 0 Å². The molecule has 0 aliphatic rings. The fourth-order valence-corrected chi connectivity index (χ4v) is 3.16. The molecule has 0 aliphatic carbocycles. The number of nitrogens with one attached hydrogen (secondary N) is 1. The predicted molar refractivity (Wildman–Crippen MR) is 111 cm³/mol. The molecule has 3 aromatic carbocycles. The number of halogens is 2. The molecule has 0 atom stereocenters. The van der Waals surface area contributed by atoms with Crippen LogP contribution in [0.3, 0.4) is 0 Å². The first-order chi connectivity index (χ1) is 14.1. The molecule has 4 rings (SSSR count). The van der Waals surface area contributed by atoms with E-state index in [9.17, 15) is 9.18 Å². The second-order valence-electron chi connectivity index (χ2n) is 6.38. The molecule has 0 radical (unpaired) electrons. The summed E-state index contributed by atoms with van der Waals surface area (Å²) in [7, 11) is 0. The lowest BCUT2D eigenvalue weighted by Gasteiger charge is -2.11. The van der Waals surface area contributed by atoms with Crippen LogP contribution in [0.4, 0.5) is 10.1 Å². The Morgan fingerprint density at radius 1 is 1.07 bits per heavy atom. The minimum Gasteiger partial charge on any atom is -0.486 e. The summed E-state index contributed by atoms with van der Waals surface area (Å²) in [4.78, 5) is 17.2. The molecule has 0 saturated carbocycles. The summed E-state index contributed by atoms with van der Waals surface area (Å²) in [6.45, 7) is 0.164. The van der Waals surface area contributed by atoms with Crippen molar-refractivity contribution in [2.45, 2.75) is 13.2 Å². The highest BCUT2D eigenvalue weighted by Gasteiger charge is 2.15. The first kappa shape index (κ1) is 19.0. The second-order valence-corrected chi connectivity index (χ2v) is 6.81. The topological polar surface area (TPSA) is 56.2 Å². The summed E-state index contributed by atoms with van der Waals surface area (Å²) in [6, 6.07) is 21.0. The van der Waals surface area contributed by atoms with Gasteiger partial charge in [0.2, 0.25) is 5.91 Å². The van der Waals surface area contributed by atoms with Gasteiger partial charge in [-0.05, 0) is 42.5 Å². The van der Waals surface area contributed by atoms with E-state index in [4.69, 9.17) is 16.3 Å². The number of anilines is 1. The summed E-state index contributed by atoms with van der Waals surface area (Å²) in [5.41, 5.74) is 1.63. The van der Waals surface area contributed by atoms with Gasteiger partial charge in [0.1, 0.15) is 30.5 Å². The fourth-order valence-electron chi connectivity index (χ4n) is 3.00. The number of imidazole rings is 1. The third kappa shape index (κ3) is 4.38. The summed E-state index contributed by atoms with van der Waals surface area (Å²) in [5.74, 6) is 0.338. The second kappa shape index (κ2) is 8.32. The Kier molecular flexibility index (Phi) is 5.44. The molecule has 1 N–H and O–H groups in total. The van der Waals surface area contributed by atoms with Crippen LogP contribution in [0.1, 0.15) is 5.82 Å². The highest BCUT2D eigenvalue weighted by molar-refractivity contribution is 6.30. The number of amides is 1. The van der Waals surface area contributed by atoms with Crippen LogP contribution in [-0.4, -0.2) is 15.5 Å². The molecule has 0 unspecified atom stereocenters. The van der Waals surface area contributed by atoms with Gasteiger partial charge in [0.25, 0.3) is 0 Å². The molecule has 1 heterocycles. The number of benzene rings is 3. The molecule has 29 heavy (non-hydrogen) atoms. The minimum atomic E-state index is -0.589. The van der Waals surface area contributed by atoms with Gasteiger partial charge in [-0.3, -0.25) is 4.79 Å². The Hall–Kier alpha value is -3.38. The van der Waals surface area contributed by atoms with E-state index in [-0.39, 0.29) is 29.8 Å². The highest BCUT2D eigenvalue weighted by Crippen LogP contribution is 2.21. The molecule has 0 fully saturated rings. The number of ether oxygens (including phenoxy) is 1. The van der Waals surface area contributed by atoms with E-state index in [2.05, 4.69) is 10.3 Å². The fraction of sp³-hybridized carbons (Fsp3) is 0.0909. The van der Waals surface area contributed by atoms with Gasteiger partial charge in [0, 0.05) is 5.02 Å². The van der Waals surface area contributed by atoms with Crippen LogP contribution >= 0.6 is 11.6 Å². The number of para-hydroxylation sites is 3. The van der Waals surface area contributed by atoms with E-state index >= 15 is 0 Å². The lowest BCUT2D eigenvalue weighted by atomic mass is 10.3. The summed E-state index contributed by atoms with van der Waals surface area (Å²) < 4.78 is 21.6. The predicted octanol–water partition coefficient (Wildman–Crippen LogP) is 5.05. The van der Waals surface area contributed by atoms with E-state index in [0.717, 1.165) is 17.1 Å². The summed E-state index contributed by atoms with van der Waals surface area (Å²) in [5, 5.41) is 2.84. The lowest BCUT2D eigenvalue weighted by Crippen LogP contribution is -2.21. The first-order valence-electron chi connectivity index (χ1n) is 8.97. The van der Waals surface area contributed by atoms with Crippen molar-refractivity contribution in [3.8, 4) is 5.75 Å². The van der Waals surface area contributed by atoms with Crippen molar-refractivity contribution in [1.82, 2.24) is 9.55 Å². The number of aromatic nitrogens is 2. The SMILES string of the molecule is O=C(Cn1c(COc2ccccc2)nc2ccccc21)Nc1ccc(Cl)cc1F. The third-order valence-electron chi connectivity index (χ3n) is 4.35. The van der Waals surface area contributed by atoms with E-state index in [1.165, 1.54) is 12.1 Å². The van der Waals surface area contributed by atoms with Crippen LogP contribution in [0.25, 0.3) is 11.0 Å². The number of carbonyl (C=O) groups excluding carboxylic acids is 1. The Morgan fingerprint density at radius 2 is 1.83 bits per heavy atom. The molecule has 4 aromatic rings. The van der Waals surface area contributed by atoms with Crippen molar-refractivity contribution in [2.24, 2.45) is 0 Å². The Morgan fingerprint density at radius 3 is 2.62 bits per heavy atom. The van der Waals surface area contributed by atoms with Gasteiger partial charge < -0.3 is 14.6 Å². The smallest absolute Gasteiger partial charge is 0.244 e. The Labute approximate surface area is 171 Å². The standard InChI is InChI=1S/C22H17ClFN3O2/c23-15-10-11-18(17(24)12-15)26-22(28)13-27-20-9-5-4-8-19(20)25-21(27)14-29-16-6-2-1-3-7-16/h1-12H,13-14H2,(H,26,28). The van der Waals surface area contributed by atoms with Gasteiger partial charge in [-0.1, -0.05) is 41.9 Å². The van der Waals surface area contributed by atoms with Gasteiger partial charge in [-0.2, -0.15) is 0 Å². The molecular weight excluding hydrogens is 393 g/mol. The normalized spacial score (nSPS) is 10.8. The van der Waals surface area contributed by atoms with E-state index in [1.54, 1.807) is 4.57 Å². The monoisotopic (exact) mass is 409 g/mol. The zero-order chi connectivity index (χ0) is 20.2. The average Bonchev–Trinajstić information content (AvgIpc) is 3.07. The number of rotatable bonds is 6. The molecular formula is C22H17ClFN3O2. The largest absolute Gasteiger partial charge is 0.486 e. The Balaban J connectivity index is 1.57. The van der Waals surface area contributed by atoms with Gasteiger partial charge in [0.05, 0.1) is 16.7 Å². The molecule has 7 heteroatoms. The van der Waals surface area contributed by atoms with Gasteiger partial charge in [-0.15, -0.1) is 0 Å². The number of nitrogens with zero attached hydrogens (tertiary/aromatic N) is 2. The molecule has 0 bridgehead atoms. The van der Waals surface area contributed by atoms with Gasteiger partial charge >= 0.3 is 0 Å². The zero-order valence-corrected chi connectivity index (χ0v) is 16.1. The van der Waals surface area contributed by atoms with Crippen LogP contribution in [0.15, 0.2) is 72.8 Å². The van der Waals surface area contributed by atoms with Gasteiger partial charge in [-0.25, -0.2) is 9.37 Å². The van der Waals surface area contributed by atoms with Crippen molar-refractivity contribution < 1.29 is 13.9 Å². The summed E-state index contributed by atoms with van der Waals surface area (Å²) >= 11 is 5.76. The maximum atomic E-state index is 14.0. The third-order valence-corrected chi connectivity index (χ3v) is 4.59. The number of carbonyl (C=O) groups is 1. The molecule has 1 amide bonds. The molecule has 1 aromatic heterocycles. The number of hydrogen-bond acceptors (Lipinski definition) is 3. The molecule has 0 spiro atoms. The van der Waals surface area contributed by atoms with Crippen molar-refractivity contribution in [3.05, 3.63) is 89.5 Å². The van der Waals surface area contributed by atoms with Crippen LogP contribution in [0, 0.1) is 5.82 Å². The Bertz CT molecular complexity index is 1160. The molecule has 0 aliphatic heterocycles. The quantitative estimate of drug-likeness (QED) is 0.485. The van der Waals surface area contributed by atoms with E-state index in [0.29, 0.717) is 11.6 Å². The van der Waals surface area contributed by atoms with Crippen LogP contribution < -0.4 is 10.1 Å².